The molecule has 1 N–H and O–H groups in total. The Kier molecular flexibility index (Phi) is 7.36. The van der Waals surface area contributed by atoms with Gasteiger partial charge in [0.15, 0.2) is 0 Å². The normalized spacial score (nSPS) is 10.2. The highest BCUT2D eigenvalue weighted by Gasteiger charge is 2.13. The van der Waals surface area contributed by atoms with Crippen LogP contribution in [0, 0.1) is 6.01 Å². The highest BCUT2D eigenvalue weighted by Crippen LogP contribution is 2.30. The van der Waals surface area contributed by atoms with E-state index >= 15 is 0 Å². The highest BCUT2D eigenvalue weighted by atomic mass is 19.1. The molecule has 154 valence electrons. The molecule has 0 fully saturated rings. The molecular formula is C22H22F2O5. The van der Waals surface area contributed by atoms with Gasteiger partial charge in [0.25, 0.3) is 6.01 Å². The molecular weight excluding hydrogens is 382 g/mol. The maximum Gasteiger partial charge on any atom is 0.307 e. The van der Waals surface area contributed by atoms with Gasteiger partial charge >= 0.3 is 5.97 Å². The third-order valence-corrected chi connectivity index (χ3v) is 4.12. The van der Waals surface area contributed by atoms with Crippen molar-refractivity contribution >= 4 is 22.5 Å². The number of carboxylic acids is 1. The van der Waals surface area contributed by atoms with Gasteiger partial charge in [0.2, 0.25) is 0 Å². The number of allylic oxidation sites excluding steroid dienone is 1. The fraction of sp³-hybridized carbons (Fsp3) is 0.227. The molecule has 1 aromatic heterocycles. The van der Waals surface area contributed by atoms with Crippen LogP contribution >= 0.6 is 0 Å². The summed E-state index contributed by atoms with van der Waals surface area (Å²) in [6, 6.07) is 9.24. The number of fused-ring (bicyclic) bond motifs is 1. The molecule has 0 saturated carbocycles. The fourth-order valence-corrected chi connectivity index (χ4v) is 2.85. The summed E-state index contributed by atoms with van der Waals surface area (Å²) in [5, 5.41) is 9.69. The number of alkyl halides is 1. The summed E-state index contributed by atoms with van der Waals surface area (Å²) in [6.07, 6.45) is -0.164. The van der Waals surface area contributed by atoms with E-state index in [0.717, 1.165) is 11.1 Å². The smallest absolute Gasteiger partial charge is 0.307 e. The monoisotopic (exact) mass is 404 g/mol. The maximum absolute atomic E-state index is 13.5. The minimum Gasteiger partial charge on any atom is -0.497 e. The number of benzene rings is 2. The minimum atomic E-state index is -0.954. The van der Waals surface area contributed by atoms with Crippen LogP contribution in [0.5, 0.6) is 11.5 Å². The van der Waals surface area contributed by atoms with Crippen molar-refractivity contribution in [2.45, 2.75) is 20.0 Å². The maximum atomic E-state index is 13.5. The molecule has 0 aliphatic rings. The lowest BCUT2D eigenvalue weighted by molar-refractivity contribution is -0.136. The number of aliphatic carboxylic acids is 1. The van der Waals surface area contributed by atoms with Gasteiger partial charge < -0.3 is 19.0 Å². The van der Waals surface area contributed by atoms with Gasteiger partial charge in [-0.2, -0.15) is 4.39 Å². The Balaban J connectivity index is 0.00000145. The number of methoxy groups -OCH3 is 1. The first kappa shape index (κ1) is 21.9. The standard InChI is InChI=1S/C21H19FO5.CH3F/c1-12(2)17-7-13(6-15-8-19(22)27-21(15)17)11-26-18-10-16(25-3)5-4-14(18)9-20(23)24;1-2/h4-8,10H,1,9,11H2,2-3H3,(H,23,24);1H3. The van der Waals surface area contributed by atoms with Crippen LogP contribution in [0.15, 0.2) is 47.4 Å². The summed E-state index contributed by atoms with van der Waals surface area (Å²) in [5.41, 5.74) is 3.21. The zero-order valence-corrected chi connectivity index (χ0v) is 16.4. The van der Waals surface area contributed by atoms with Crippen molar-refractivity contribution in [3.05, 3.63) is 65.7 Å². The van der Waals surface area contributed by atoms with Crippen molar-refractivity contribution in [1.29, 1.82) is 0 Å². The molecule has 0 bridgehead atoms. The zero-order valence-electron chi connectivity index (χ0n) is 16.4. The Morgan fingerprint density at radius 2 is 1.93 bits per heavy atom. The molecule has 29 heavy (non-hydrogen) atoms. The lowest BCUT2D eigenvalue weighted by Crippen LogP contribution is -2.05. The predicted molar refractivity (Wildman–Crippen MR) is 107 cm³/mol. The molecule has 5 nitrogen and oxygen atoms in total. The highest BCUT2D eigenvalue weighted by molar-refractivity contribution is 5.89. The number of carboxylic acid groups (broad SMARTS) is 1. The van der Waals surface area contributed by atoms with E-state index in [2.05, 4.69) is 6.58 Å². The molecule has 3 rings (SSSR count). The van der Waals surface area contributed by atoms with Crippen LogP contribution in [0.3, 0.4) is 0 Å². The summed E-state index contributed by atoms with van der Waals surface area (Å²) in [4.78, 5) is 11.1. The molecule has 0 unspecified atom stereocenters. The third kappa shape index (κ3) is 5.34. The number of rotatable bonds is 7. The van der Waals surface area contributed by atoms with Crippen LogP contribution in [0.1, 0.15) is 23.6 Å². The van der Waals surface area contributed by atoms with E-state index in [0.29, 0.717) is 40.8 Å². The molecule has 2 aromatic carbocycles. The molecule has 0 aliphatic heterocycles. The van der Waals surface area contributed by atoms with Crippen LogP contribution in [0.4, 0.5) is 8.78 Å². The number of ether oxygens (including phenoxy) is 2. The lowest BCUT2D eigenvalue weighted by atomic mass is 10.0. The summed E-state index contributed by atoms with van der Waals surface area (Å²) in [5.74, 6) is 0.0334. The molecule has 0 spiro atoms. The van der Waals surface area contributed by atoms with Crippen LogP contribution in [-0.2, 0) is 17.8 Å². The van der Waals surface area contributed by atoms with Crippen molar-refractivity contribution < 1.29 is 32.6 Å². The SMILES string of the molecule is C=C(C)c1cc(COc2cc(OC)ccc2CC(=O)O)cc2cc(F)oc12.CF. The number of furan rings is 1. The van der Waals surface area contributed by atoms with Gasteiger partial charge in [-0.1, -0.05) is 12.6 Å². The van der Waals surface area contributed by atoms with Gasteiger partial charge in [0.05, 0.1) is 20.7 Å². The van der Waals surface area contributed by atoms with Gasteiger partial charge in [0.1, 0.15) is 23.7 Å². The molecule has 0 amide bonds. The van der Waals surface area contributed by atoms with E-state index in [9.17, 15) is 13.6 Å². The van der Waals surface area contributed by atoms with Gasteiger partial charge in [-0.25, -0.2) is 0 Å². The first-order chi connectivity index (χ1) is 13.9. The Labute approximate surface area is 167 Å². The van der Waals surface area contributed by atoms with E-state index in [1.807, 2.05) is 13.0 Å². The zero-order chi connectivity index (χ0) is 21.6. The van der Waals surface area contributed by atoms with Crippen LogP contribution in [0.25, 0.3) is 16.5 Å². The fourth-order valence-electron chi connectivity index (χ4n) is 2.85. The second-order valence-corrected chi connectivity index (χ2v) is 6.23. The Morgan fingerprint density at radius 1 is 1.21 bits per heavy atom. The van der Waals surface area contributed by atoms with E-state index in [1.165, 1.54) is 13.2 Å². The topological polar surface area (TPSA) is 68.9 Å². The third-order valence-electron chi connectivity index (χ3n) is 4.12. The average molecular weight is 404 g/mol. The lowest BCUT2D eigenvalue weighted by Gasteiger charge is -2.13. The van der Waals surface area contributed by atoms with Crippen LogP contribution in [-0.4, -0.2) is 25.4 Å². The van der Waals surface area contributed by atoms with Crippen molar-refractivity contribution in [3.8, 4) is 11.5 Å². The molecule has 0 atom stereocenters. The molecule has 0 aliphatic carbocycles. The molecule has 0 saturated heterocycles. The van der Waals surface area contributed by atoms with Crippen molar-refractivity contribution in [3.63, 3.8) is 0 Å². The van der Waals surface area contributed by atoms with Crippen LogP contribution < -0.4 is 9.47 Å². The number of hydrogen-bond acceptors (Lipinski definition) is 4. The first-order valence-electron chi connectivity index (χ1n) is 8.64. The van der Waals surface area contributed by atoms with Crippen molar-refractivity contribution in [2.75, 3.05) is 14.3 Å². The van der Waals surface area contributed by atoms with Gasteiger partial charge in [-0.3, -0.25) is 9.18 Å². The predicted octanol–water partition coefficient (Wildman–Crippen LogP) is 5.41. The molecule has 7 heteroatoms. The van der Waals surface area contributed by atoms with E-state index < -0.39 is 12.0 Å². The number of halogens is 2. The van der Waals surface area contributed by atoms with Gasteiger partial charge in [-0.15, -0.1) is 0 Å². The Morgan fingerprint density at radius 3 is 2.55 bits per heavy atom. The van der Waals surface area contributed by atoms with E-state index in [4.69, 9.17) is 19.0 Å². The van der Waals surface area contributed by atoms with E-state index in [-0.39, 0.29) is 13.0 Å². The van der Waals surface area contributed by atoms with Gasteiger partial charge in [-0.05, 0) is 36.3 Å². The Hall–Kier alpha value is -3.35. The largest absolute Gasteiger partial charge is 0.497 e. The molecule has 0 radical (unpaired) electrons. The van der Waals surface area contributed by atoms with Gasteiger partial charge in [0, 0.05) is 28.6 Å². The quantitative estimate of drug-likeness (QED) is 0.571. The average Bonchev–Trinajstić information content (AvgIpc) is 3.07. The Bertz CT molecular complexity index is 1020. The summed E-state index contributed by atoms with van der Waals surface area (Å²) >= 11 is 0. The first-order valence-corrected chi connectivity index (χ1v) is 8.64. The second-order valence-electron chi connectivity index (χ2n) is 6.23. The molecule has 1 heterocycles. The summed E-state index contributed by atoms with van der Waals surface area (Å²) in [6.45, 7) is 5.89. The number of hydrogen-bond donors (Lipinski definition) is 1. The second kappa shape index (κ2) is 9.73. The molecule has 3 aromatic rings. The van der Waals surface area contributed by atoms with Crippen molar-refractivity contribution in [1.82, 2.24) is 0 Å². The van der Waals surface area contributed by atoms with Crippen LogP contribution in [0.2, 0.25) is 0 Å². The minimum absolute atomic E-state index is 0.164. The summed E-state index contributed by atoms with van der Waals surface area (Å²) in [7, 11) is 2.02. The number of carbonyl (C=O) groups is 1. The van der Waals surface area contributed by atoms with Crippen molar-refractivity contribution in [2.24, 2.45) is 0 Å². The summed E-state index contributed by atoms with van der Waals surface area (Å²) < 4.78 is 39.2. The van der Waals surface area contributed by atoms with E-state index in [1.54, 1.807) is 24.3 Å².